The predicted molar refractivity (Wildman–Crippen MR) is 69.3 cm³/mol. The van der Waals surface area contributed by atoms with Gasteiger partial charge in [-0.3, -0.25) is 0 Å². The molecule has 0 aromatic rings. The summed E-state index contributed by atoms with van der Waals surface area (Å²) in [4.78, 5) is 11.9. The van der Waals surface area contributed by atoms with E-state index in [9.17, 15) is 9.90 Å². The Morgan fingerprint density at radius 3 is 2.61 bits per heavy atom. The molecule has 2 fully saturated rings. The second kappa shape index (κ2) is 4.41. The van der Waals surface area contributed by atoms with Crippen LogP contribution in [0.1, 0.15) is 59.3 Å². The van der Waals surface area contributed by atoms with Crippen LogP contribution in [0.5, 0.6) is 0 Å². The zero-order valence-corrected chi connectivity index (χ0v) is 11.7. The number of carbonyl (C=O) groups is 1. The first-order valence-corrected chi connectivity index (χ1v) is 6.90. The van der Waals surface area contributed by atoms with Crippen molar-refractivity contribution in [3.8, 4) is 0 Å². The average Bonchev–Trinajstić information content (AvgIpc) is 2.48. The number of carbonyl (C=O) groups excluding carboxylic acids is 1. The van der Waals surface area contributed by atoms with Gasteiger partial charge < -0.3 is 15.2 Å². The molecule has 2 aliphatic rings. The molecule has 0 spiro atoms. The molecule has 2 aliphatic carbocycles. The van der Waals surface area contributed by atoms with Crippen LogP contribution >= 0.6 is 0 Å². The van der Waals surface area contributed by atoms with Crippen molar-refractivity contribution in [3.05, 3.63) is 0 Å². The second-order valence-corrected chi connectivity index (χ2v) is 7.10. The van der Waals surface area contributed by atoms with Gasteiger partial charge in [0.05, 0.1) is 0 Å². The average molecular weight is 255 g/mol. The summed E-state index contributed by atoms with van der Waals surface area (Å²) < 4.78 is 5.34. The van der Waals surface area contributed by atoms with Crippen LogP contribution in [-0.2, 0) is 4.74 Å². The Bertz CT molecular complexity index is 336. The van der Waals surface area contributed by atoms with Gasteiger partial charge in [0.25, 0.3) is 0 Å². The van der Waals surface area contributed by atoms with Gasteiger partial charge in [0.1, 0.15) is 5.60 Å². The number of aliphatic hydroxyl groups excluding tert-OH is 1. The van der Waals surface area contributed by atoms with Crippen molar-refractivity contribution in [1.82, 2.24) is 5.32 Å². The molecule has 4 heteroatoms. The van der Waals surface area contributed by atoms with E-state index in [1.807, 2.05) is 20.8 Å². The van der Waals surface area contributed by atoms with E-state index >= 15 is 0 Å². The van der Waals surface area contributed by atoms with Crippen molar-refractivity contribution < 1.29 is 14.6 Å². The number of fused-ring (bicyclic) bond motifs is 2. The highest BCUT2D eigenvalue weighted by molar-refractivity contribution is 5.69. The van der Waals surface area contributed by atoms with Gasteiger partial charge >= 0.3 is 6.09 Å². The first kappa shape index (κ1) is 13.7. The van der Waals surface area contributed by atoms with Gasteiger partial charge in [-0.15, -0.1) is 0 Å². The molecule has 2 bridgehead atoms. The van der Waals surface area contributed by atoms with Crippen LogP contribution in [0.25, 0.3) is 0 Å². The van der Waals surface area contributed by atoms with Crippen molar-refractivity contribution in [2.45, 2.75) is 70.4 Å². The first-order chi connectivity index (χ1) is 8.28. The molecular weight excluding hydrogens is 230 g/mol. The number of rotatable bonds is 2. The van der Waals surface area contributed by atoms with Crippen molar-refractivity contribution in [2.75, 3.05) is 6.61 Å². The standard InChI is InChI=1S/C14H25NO3/c1-12(2,3)18-11(17)15-14-6-4-5-13(9-14,10-16)7-8-14/h16H,4-10H2,1-3H3,(H,15,17). The van der Waals surface area contributed by atoms with Crippen LogP contribution in [0.4, 0.5) is 4.79 Å². The second-order valence-electron chi connectivity index (χ2n) is 7.10. The van der Waals surface area contributed by atoms with E-state index in [-0.39, 0.29) is 23.7 Å². The van der Waals surface area contributed by atoms with E-state index in [0.717, 1.165) is 38.5 Å². The maximum absolute atomic E-state index is 11.9. The summed E-state index contributed by atoms with van der Waals surface area (Å²) in [5, 5.41) is 12.6. The zero-order valence-electron chi connectivity index (χ0n) is 11.7. The fourth-order valence-electron chi connectivity index (χ4n) is 3.53. The summed E-state index contributed by atoms with van der Waals surface area (Å²) in [6, 6.07) is 0. The number of ether oxygens (including phenoxy) is 1. The summed E-state index contributed by atoms with van der Waals surface area (Å²) in [6.07, 6.45) is 5.73. The summed E-state index contributed by atoms with van der Waals surface area (Å²) in [6.45, 7) is 5.86. The number of hydrogen-bond donors (Lipinski definition) is 2. The van der Waals surface area contributed by atoms with Crippen LogP contribution in [0.3, 0.4) is 0 Å². The first-order valence-electron chi connectivity index (χ1n) is 6.90. The van der Waals surface area contributed by atoms with E-state index < -0.39 is 5.60 Å². The van der Waals surface area contributed by atoms with Gasteiger partial charge in [0.2, 0.25) is 0 Å². The quantitative estimate of drug-likeness (QED) is 0.797. The van der Waals surface area contributed by atoms with Crippen LogP contribution in [0.2, 0.25) is 0 Å². The van der Waals surface area contributed by atoms with E-state index in [2.05, 4.69) is 5.32 Å². The fraction of sp³-hybridized carbons (Fsp3) is 0.929. The summed E-state index contributed by atoms with van der Waals surface area (Å²) in [7, 11) is 0. The molecule has 104 valence electrons. The lowest BCUT2D eigenvalue weighted by atomic mass is 9.73. The molecule has 0 heterocycles. The third-order valence-corrected chi connectivity index (χ3v) is 4.31. The Labute approximate surface area is 109 Å². The third kappa shape index (κ3) is 2.79. The lowest BCUT2D eigenvalue weighted by Gasteiger charge is -2.39. The predicted octanol–water partition coefficient (Wildman–Crippen LogP) is 2.60. The van der Waals surface area contributed by atoms with Gasteiger partial charge in [-0.05, 0) is 58.3 Å². The Balaban J connectivity index is 1.99. The lowest BCUT2D eigenvalue weighted by Crippen LogP contribution is -2.50. The van der Waals surface area contributed by atoms with Gasteiger partial charge in [-0.25, -0.2) is 4.79 Å². The number of nitrogens with one attached hydrogen (secondary N) is 1. The minimum Gasteiger partial charge on any atom is -0.444 e. The summed E-state index contributed by atoms with van der Waals surface area (Å²) in [5.41, 5.74) is -0.543. The van der Waals surface area contributed by atoms with Crippen LogP contribution < -0.4 is 5.32 Å². The largest absolute Gasteiger partial charge is 0.444 e. The van der Waals surface area contributed by atoms with Crippen molar-refractivity contribution >= 4 is 6.09 Å². The zero-order chi connectivity index (χ0) is 13.4. The van der Waals surface area contributed by atoms with Crippen molar-refractivity contribution in [3.63, 3.8) is 0 Å². The van der Waals surface area contributed by atoms with Gasteiger partial charge in [-0.1, -0.05) is 6.42 Å². The van der Waals surface area contributed by atoms with Gasteiger partial charge in [0.15, 0.2) is 0 Å². The van der Waals surface area contributed by atoms with Crippen LogP contribution in [0.15, 0.2) is 0 Å². The number of alkyl carbamates (subject to hydrolysis) is 1. The highest BCUT2D eigenvalue weighted by Gasteiger charge is 2.51. The Morgan fingerprint density at radius 2 is 2.00 bits per heavy atom. The molecule has 0 aromatic carbocycles. The highest BCUT2D eigenvalue weighted by Crippen LogP contribution is 2.53. The number of aliphatic hydroxyl groups is 1. The molecule has 2 atom stereocenters. The van der Waals surface area contributed by atoms with E-state index in [1.54, 1.807) is 0 Å². The van der Waals surface area contributed by atoms with E-state index in [0.29, 0.717) is 0 Å². The van der Waals surface area contributed by atoms with Crippen LogP contribution in [-0.4, -0.2) is 28.9 Å². The smallest absolute Gasteiger partial charge is 0.408 e. The summed E-state index contributed by atoms with van der Waals surface area (Å²) in [5.74, 6) is 0. The summed E-state index contributed by atoms with van der Waals surface area (Å²) >= 11 is 0. The molecule has 0 aromatic heterocycles. The topological polar surface area (TPSA) is 58.6 Å². The van der Waals surface area contributed by atoms with Gasteiger partial charge in [-0.2, -0.15) is 0 Å². The van der Waals surface area contributed by atoms with E-state index in [1.165, 1.54) is 0 Å². The SMILES string of the molecule is CC(C)(C)OC(=O)NC12CCCC(CO)(CC1)C2. The van der Waals surface area contributed by atoms with E-state index in [4.69, 9.17) is 4.74 Å². The Hall–Kier alpha value is -0.770. The molecule has 2 rings (SSSR count). The highest BCUT2D eigenvalue weighted by atomic mass is 16.6. The van der Waals surface area contributed by atoms with Crippen molar-refractivity contribution in [1.29, 1.82) is 0 Å². The Morgan fingerprint density at radius 1 is 1.28 bits per heavy atom. The van der Waals surface area contributed by atoms with Gasteiger partial charge in [0, 0.05) is 12.1 Å². The minimum absolute atomic E-state index is 0.0489. The maximum atomic E-state index is 11.9. The lowest BCUT2D eigenvalue weighted by molar-refractivity contribution is 0.0374. The van der Waals surface area contributed by atoms with Crippen molar-refractivity contribution in [2.24, 2.45) is 5.41 Å². The molecule has 18 heavy (non-hydrogen) atoms. The molecule has 2 N–H and O–H groups in total. The molecular formula is C14H25NO3. The molecule has 0 radical (unpaired) electrons. The molecule has 4 nitrogen and oxygen atoms in total. The fourth-order valence-corrected chi connectivity index (χ4v) is 3.53. The molecule has 2 saturated carbocycles. The molecule has 2 unspecified atom stereocenters. The van der Waals surface area contributed by atoms with Crippen LogP contribution in [0, 0.1) is 5.41 Å². The minimum atomic E-state index is -0.456. The molecule has 0 aliphatic heterocycles. The molecule has 1 amide bonds. The molecule has 0 saturated heterocycles. The number of amides is 1. The number of hydrogen-bond acceptors (Lipinski definition) is 3. The maximum Gasteiger partial charge on any atom is 0.408 e. The third-order valence-electron chi connectivity index (χ3n) is 4.31. The Kier molecular flexibility index (Phi) is 3.34. The normalized spacial score (nSPS) is 35.3. The monoisotopic (exact) mass is 255 g/mol.